The zero-order valence-corrected chi connectivity index (χ0v) is 14.6. The molecule has 9 nitrogen and oxygen atoms in total. The van der Waals surface area contributed by atoms with Gasteiger partial charge in [-0.1, -0.05) is 0 Å². The van der Waals surface area contributed by atoms with Crippen LogP contribution < -0.4 is 15.4 Å². The lowest BCUT2D eigenvalue weighted by molar-refractivity contribution is -0.134. The Labute approximate surface area is 150 Å². The fraction of sp³-hybridized carbons (Fsp3) is 0.353. The molecule has 0 saturated heterocycles. The predicted molar refractivity (Wildman–Crippen MR) is 96.6 cm³/mol. The molecule has 26 heavy (non-hydrogen) atoms. The van der Waals surface area contributed by atoms with Crippen molar-refractivity contribution in [3.63, 3.8) is 0 Å². The molecule has 2 aromatic rings. The fourth-order valence-corrected chi connectivity index (χ4v) is 2.59. The molecular weight excluding hydrogens is 340 g/mol. The molecule has 9 heteroatoms. The number of rotatable bonds is 4. The molecule has 2 heterocycles. The Kier molecular flexibility index (Phi) is 6.18. The van der Waals surface area contributed by atoms with Gasteiger partial charge in [-0.05, 0) is 19.1 Å². The van der Waals surface area contributed by atoms with E-state index in [0.717, 1.165) is 35.5 Å². The Bertz CT molecular complexity index is 812. The standard InChI is InChI=1S/C13H18N4O.C4H4O4/c1-9(14)8-17-12-10(7-15-17)3-4-11-13(12)16(2)5-6-18-11;5-3(6)1-2-4(7)8/h3-4,7,9H,5-6,8,14H2,1-2H3;1-2H,(H,5,6)(H,7,8)/t9-;/m0./s1. The van der Waals surface area contributed by atoms with Gasteiger partial charge >= 0.3 is 11.9 Å². The van der Waals surface area contributed by atoms with E-state index in [-0.39, 0.29) is 6.04 Å². The molecule has 0 unspecified atom stereocenters. The number of carboxylic acids is 2. The number of carboxylic acid groups (broad SMARTS) is 2. The second-order valence-corrected chi connectivity index (χ2v) is 5.93. The van der Waals surface area contributed by atoms with Crippen LogP contribution in [0.3, 0.4) is 0 Å². The summed E-state index contributed by atoms with van der Waals surface area (Å²) in [5, 5.41) is 21.2. The lowest BCUT2D eigenvalue weighted by atomic mass is 10.1. The van der Waals surface area contributed by atoms with Crippen LogP contribution in [-0.4, -0.2) is 58.2 Å². The molecule has 1 aromatic heterocycles. The number of fused-ring (bicyclic) bond motifs is 3. The van der Waals surface area contributed by atoms with Crippen molar-refractivity contribution in [2.45, 2.75) is 19.5 Å². The highest BCUT2D eigenvalue weighted by molar-refractivity contribution is 5.95. The lowest BCUT2D eigenvalue weighted by Gasteiger charge is -2.28. The van der Waals surface area contributed by atoms with Crippen LogP contribution in [0.1, 0.15) is 6.92 Å². The molecule has 1 aliphatic heterocycles. The molecule has 0 spiro atoms. The largest absolute Gasteiger partial charge is 0.489 e. The molecule has 140 valence electrons. The van der Waals surface area contributed by atoms with Gasteiger partial charge in [0.1, 0.15) is 18.0 Å². The minimum atomic E-state index is -1.26. The smallest absolute Gasteiger partial charge is 0.328 e. The number of anilines is 1. The minimum absolute atomic E-state index is 0.0822. The number of benzene rings is 1. The van der Waals surface area contributed by atoms with Gasteiger partial charge in [0, 0.05) is 30.6 Å². The molecule has 4 N–H and O–H groups in total. The van der Waals surface area contributed by atoms with E-state index < -0.39 is 11.9 Å². The van der Waals surface area contributed by atoms with Crippen LogP contribution in [0.5, 0.6) is 5.75 Å². The summed E-state index contributed by atoms with van der Waals surface area (Å²) >= 11 is 0. The van der Waals surface area contributed by atoms with Crippen LogP contribution in [0, 0.1) is 0 Å². The van der Waals surface area contributed by atoms with Gasteiger partial charge in [0.15, 0.2) is 0 Å². The van der Waals surface area contributed by atoms with Crippen LogP contribution in [0.4, 0.5) is 5.69 Å². The molecule has 1 atom stereocenters. The maximum absolute atomic E-state index is 9.55. The van der Waals surface area contributed by atoms with Gasteiger partial charge in [0.2, 0.25) is 0 Å². The van der Waals surface area contributed by atoms with Crippen molar-refractivity contribution < 1.29 is 24.5 Å². The molecule has 1 aromatic carbocycles. The van der Waals surface area contributed by atoms with Gasteiger partial charge in [-0.2, -0.15) is 5.10 Å². The number of carbonyl (C=O) groups is 2. The maximum atomic E-state index is 9.55. The maximum Gasteiger partial charge on any atom is 0.328 e. The molecule has 0 aliphatic carbocycles. The van der Waals surface area contributed by atoms with E-state index in [4.69, 9.17) is 20.7 Å². The lowest BCUT2D eigenvalue weighted by Crippen LogP contribution is -2.30. The van der Waals surface area contributed by atoms with Crippen molar-refractivity contribution in [3.05, 3.63) is 30.5 Å². The van der Waals surface area contributed by atoms with Crippen molar-refractivity contribution in [3.8, 4) is 5.75 Å². The van der Waals surface area contributed by atoms with E-state index in [1.165, 1.54) is 0 Å². The SMILES string of the molecule is C[C@H](N)Cn1ncc2ccc3c(c21)N(C)CCO3.O=C(O)C=CC(=O)O. The van der Waals surface area contributed by atoms with Crippen molar-refractivity contribution in [1.29, 1.82) is 0 Å². The van der Waals surface area contributed by atoms with Gasteiger partial charge in [-0.15, -0.1) is 0 Å². The minimum Gasteiger partial charge on any atom is -0.489 e. The number of nitrogens with two attached hydrogens (primary N) is 1. The highest BCUT2D eigenvalue weighted by Gasteiger charge is 2.21. The summed E-state index contributed by atoms with van der Waals surface area (Å²) in [6, 6.07) is 4.15. The van der Waals surface area contributed by atoms with E-state index >= 15 is 0 Å². The number of likely N-dealkylation sites (N-methyl/N-ethyl adjacent to an activating group) is 1. The molecule has 0 radical (unpaired) electrons. The van der Waals surface area contributed by atoms with Crippen molar-refractivity contribution >= 4 is 28.5 Å². The number of aliphatic carboxylic acids is 2. The average molecular weight is 362 g/mol. The Balaban J connectivity index is 0.000000260. The van der Waals surface area contributed by atoms with E-state index in [1.807, 2.05) is 23.9 Å². The van der Waals surface area contributed by atoms with E-state index in [0.29, 0.717) is 18.7 Å². The summed E-state index contributed by atoms with van der Waals surface area (Å²) in [4.78, 5) is 21.3. The van der Waals surface area contributed by atoms with E-state index in [2.05, 4.69) is 23.1 Å². The molecule has 0 saturated carbocycles. The Morgan fingerprint density at radius 1 is 1.35 bits per heavy atom. The van der Waals surface area contributed by atoms with Crippen LogP contribution in [0.25, 0.3) is 10.9 Å². The van der Waals surface area contributed by atoms with Crippen LogP contribution in [-0.2, 0) is 16.1 Å². The topological polar surface area (TPSA) is 131 Å². The summed E-state index contributed by atoms with van der Waals surface area (Å²) in [6.45, 7) is 4.34. The Hall–Kier alpha value is -3.07. The van der Waals surface area contributed by atoms with Crippen LogP contribution in [0.15, 0.2) is 30.5 Å². The van der Waals surface area contributed by atoms with Crippen LogP contribution in [0.2, 0.25) is 0 Å². The third-order valence-electron chi connectivity index (χ3n) is 3.64. The van der Waals surface area contributed by atoms with Crippen LogP contribution >= 0.6 is 0 Å². The van der Waals surface area contributed by atoms with Crippen molar-refractivity contribution in [1.82, 2.24) is 9.78 Å². The first-order valence-corrected chi connectivity index (χ1v) is 8.01. The molecule has 3 rings (SSSR count). The van der Waals surface area contributed by atoms with Gasteiger partial charge in [0.05, 0.1) is 24.8 Å². The van der Waals surface area contributed by atoms with Crippen molar-refractivity contribution in [2.24, 2.45) is 5.73 Å². The Morgan fingerprint density at radius 3 is 2.58 bits per heavy atom. The summed E-state index contributed by atoms with van der Waals surface area (Å²) in [5.74, 6) is -1.58. The number of hydrogen-bond acceptors (Lipinski definition) is 6. The quantitative estimate of drug-likeness (QED) is 0.685. The third kappa shape index (κ3) is 4.73. The van der Waals surface area contributed by atoms with Gasteiger partial charge in [0.25, 0.3) is 0 Å². The first-order valence-electron chi connectivity index (χ1n) is 8.01. The number of ether oxygens (including phenoxy) is 1. The van der Waals surface area contributed by atoms with Gasteiger partial charge in [-0.3, -0.25) is 4.68 Å². The Morgan fingerprint density at radius 2 is 2.00 bits per heavy atom. The highest BCUT2D eigenvalue weighted by Crippen LogP contribution is 2.37. The normalized spacial score (nSPS) is 14.3. The third-order valence-corrected chi connectivity index (χ3v) is 3.64. The predicted octanol–water partition coefficient (Wildman–Crippen LogP) is 0.924. The zero-order chi connectivity index (χ0) is 19.3. The first kappa shape index (κ1) is 19.3. The molecule has 0 amide bonds. The molecule has 1 aliphatic rings. The van der Waals surface area contributed by atoms with E-state index in [9.17, 15) is 9.59 Å². The summed E-state index contributed by atoms with van der Waals surface area (Å²) in [7, 11) is 2.09. The fourth-order valence-electron chi connectivity index (χ4n) is 2.59. The molecular formula is C17H22N4O5. The molecule has 0 bridgehead atoms. The summed E-state index contributed by atoms with van der Waals surface area (Å²) < 4.78 is 7.69. The van der Waals surface area contributed by atoms with Gasteiger partial charge in [-0.25, -0.2) is 9.59 Å². The number of hydrogen-bond donors (Lipinski definition) is 3. The zero-order valence-electron chi connectivity index (χ0n) is 14.6. The van der Waals surface area contributed by atoms with Gasteiger partial charge < -0.3 is 25.6 Å². The monoisotopic (exact) mass is 362 g/mol. The molecule has 0 fully saturated rings. The highest BCUT2D eigenvalue weighted by atomic mass is 16.5. The second-order valence-electron chi connectivity index (χ2n) is 5.93. The average Bonchev–Trinajstić information content (AvgIpc) is 2.96. The summed E-state index contributed by atoms with van der Waals surface area (Å²) in [5.41, 5.74) is 8.12. The number of aromatic nitrogens is 2. The second kappa shape index (κ2) is 8.34. The first-order chi connectivity index (χ1) is 12.3. The summed E-state index contributed by atoms with van der Waals surface area (Å²) in [6.07, 6.45) is 3.01. The van der Waals surface area contributed by atoms with E-state index in [1.54, 1.807) is 0 Å². The van der Waals surface area contributed by atoms with Crippen molar-refractivity contribution in [2.75, 3.05) is 25.1 Å². The number of nitrogens with zero attached hydrogens (tertiary/aromatic N) is 3.